The molecule has 2 unspecified atom stereocenters. The van der Waals surface area contributed by atoms with Crippen molar-refractivity contribution in [3.05, 3.63) is 23.8 Å². The number of hydrogen-bond donors (Lipinski definition) is 1. The number of rotatable bonds is 1. The lowest BCUT2D eigenvalue weighted by Gasteiger charge is -2.18. The maximum atomic E-state index is 12.1. The van der Waals surface area contributed by atoms with Gasteiger partial charge in [-0.25, -0.2) is 8.42 Å². The minimum absolute atomic E-state index is 0.136. The molecule has 0 radical (unpaired) electrons. The highest BCUT2D eigenvalue weighted by atomic mass is 32.2. The molecule has 0 aromatic heterocycles. The Hall–Kier alpha value is -1.27. The lowest BCUT2D eigenvalue weighted by Crippen LogP contribution is -2.26. The second kappa shape index (κ2) is 5.85. The van der Waals surface area contributed by atoms with E-state index >= 15 is 0 Å². The maximum Gasteiger partial charge on any atom is 0.161 e. The normalized spacial score (nSPS) is 28.4. The standard InChI is InChI=1S/C15H21NO4S/c1-11-8-16-13(10-21(17,18)9-11)12-3-4-14-15(7-12)20-6-2-5-19-14/h3-4,7,11,13,16H,2,5-6,8-10H2,1H3. The minimum atomic E-state index is -3.03. The Kier molecular flexibility index (Phi) is 4.08. The van der Waals surface area contributed by atoms with Crippen LogP contribution in [0.5, 0.6) is 11.5 Å². The van der Waals surface area contributed by atoms with Gasteiger partial charge in [-0.2, -0.15) is 0 Å². The Morgan fingerprint density at radius 1 is 1.14 bits per heavy atom. The second-order valence-electron chi connectivity index (χ2n) is 5.90. The van der Waals surface area contributed by atoms with Gasteiger partial charge in [-0.1, -0.05) is 13.0 Å². The highest BCUT2D eigenvalue weighted by Crippen LogP contribution is 2.33. The number of sulfone groups is 1. The Morgan fingerprint density at radius 2 is 1.90 bits per heavy atom. The average molecular weight is 311 g/mol. The van der Waals surface area contributed by atoms with Gasteiger partial charge in [0.05, 0.1) is 24.7 Å². The van der Waals surface area contributed by atoms with E-state index in [4.69, 9.17) is 9.47 Å². The molecule has 5 nitrogen and oxygen atoms in total. The van der Waals surface area contributed by atoms with Crippen molar-refractivity contribution in [2.24, 2.45) is 5.92 Å². The average Bonchev–Trinajstić information content (AvgIpc) is 2.73. The largest absolute Gasteiger partial charge is 0.490 e. The Labute approximate surface area is 125 Å². The fourth-order valence-corrected chi connectivity index (χ4v) is 4.77. The number of nitrogens with one attached hydrogen (secondary N) is 1. The molecule has 1 N–H and O–H groups in total. The SMILES string of the molecule is CC1CNC(c2ccc3c(c2)OCCCO3)CS(=O)(=O)C1. The third-order valence-electron chi connectivity index (χ3n) is 3.85. The topological polar surface area (TPSA) is 64.6 Å². The summed E-state index contributed by atoms with van der Waals surface area (Å²) in [5, 5.41) is 3.35. The van der Waals surface area contributed by atoms with Gasteiger partial charge >= 0.3 is 0 Å². The molecule has 0 saturated carbocycles. The van der Waals surface area contributed by atoms with Crippen molar-refractivity contribution < 1.29 is 17.9 Å². The van der Waals surface area contributed by atoms with Gasteiger partial charge < -0.3 is 14.8 Å². The van der Waals surface area contributed by atoms with Crippen LogP contribution in [-0.4, -0.2) is 39.7 Å². The highest BCUT2D eigenvalue weighted by molar-refractivity contribution is 7.91. The third kappa shape index (κ3) is 3.49. The summed E-state index contributed by atoms with van der Waals surface area (Å²) < 4.78 is 35.5. The maximum absolute atomic E-state index is 12.1. The molecular formula is C15H21NO4S. The second-order valence-corrected chi connectivity index (χ2v) is 8.05. The van der Waals surface area contributed by atoms with Gasteiger partial charge in [-0.05, 0) is 30.2 Å². The van der Waals surface area contributed by atoms with E-state index in [0.29, 0.717) is 25.5 Å². The highest BCUT2D eigenvalue weighted by Gasteiger charge is 2.27. The summed E-state index contributed by atoms with van der Waals surface area (Å²) in [4.78, 5) is 0. The molecule has 0 aliphatic carbocycles. The zero-order valence-electron chi connectivity index (χ0n) is 12.2. The zero-order chi connectivity index (χ0) is 14.9. The first-order valence-electron chi connectivity index (χ1n) is 7.37. The van der Waals surface area contributed by atoms with Crippen molar-refractivity contribution in [2.75, 3.05) is 31.3 Å². The lowest BCUT2D eigenvalue weighted by atomic mass is 10.1. The van der Waals surface area contributed by atoms with E-state index in [0.717, 1.165) is 17.7 Å². The molecular weight excluding hydrogens is 290 g/mol. The monoisotopic (exact) mass is 311 g/mol. The van der Waals surface area contributed by atoms with E-state index in [1.54, 1.807) is 0 Å². The van der Waals surface area contributed by atoms with Crippen LogP contribution in [0, 0.1) is 5.92 Å². The summed E-state index contributed by atoms with van der Waals surface area (Å²) in [5.74, 6) is 1.97. The van der Waals surface area contributed by atoms with Crippen molar-refractivity contribution in [3.8, 4) is 11.5 Å². The van der Waals surface area contributed by atoms with E-state index < -0.39 is 9.84 Å². The number of ether oxygens (including phenoxy) is 2. The molecule has 6 heteroatoms. The molecule has 2 aliphatic rings. The van der Waals surface area contributed by atoms with E-state index in [-0.39, 0.29) is 23.5 Å². The van der Waals surface area contributed by atoms with Gasteiger partial charge in [-0.3, -0.25) is 0 Å². The summed E-state index contributed by atoms with van der Waals surface area (Å²) in [6, 6.07) is 5.52. The van der Waals surface area contributed by atoms with Crippen molar-refractivity contribution in [2.45, 2.75) is 19.4 Å². The molecule has 2 heterocycles. The first-order valence-corrected chi connectivity index (χ1v) is 9.19. The smallest absolute Gasteiger partial charge is 0.161 e. The third-order valence-corrected chi connectivity index (χ3v) is 5.76. The van der Waals surface area contributed by atoms with Crippen LogP contribution in [0.1, 0.15) is 24.9 Å². The fourth-order valence-electron chi connectivity index (χ4n) is 2.83. The Bertz CT molecular complexity index is 614. The molecule has 2 aliphatic heterocycles. The molecule has 116 valence electrons. The van der Waals surface area contributed by atoms with Crippen molar-refractivity contribution in [3.63, 3.8) is 0 Å². The van der Waals surface area contributed by atoms with Gasteiger partial charge in [-0.15, -0.1) is 0 Å². The molecule has 21 heavy (non-hydrogen) atoms. The van der Waals surface area contributed by atoms with Crippen molar-refractivity contribution >= 4 is 9.84 Å². The van der Waals surface area contributed by atoms with E-state index in [9.17, 15) is 8.42 Å². The molecule has 3 rings (SSSR count). The first-order chi connectivity index (χ1) is 10.0. The molecule has 0 amide bonds. The molecule has 2 atom stereocenters. The van der Waals surface area contributed by atoms with Gasteiger partial charge in [0, 0.05) is 12.5 Å². The summed E-state index contributed by atoms with van der Waals surface area (Å²) >= 11 is 0. The minimum Gasteiger partial charge on any atom is -0.490 e. The summed E-state index contributed by atoms with van der Waals surface area (Å²) in [7, 11) is -3.03. The molecule has 0 spiro atoms. The zero-order valence-corrected chi connectivity index (χ0v) is 13.0. The van der Waals surface area contributed by atoms with Crippen LogP contribution < -0.4 is 14.8 Å². The first kappa shape index (κ1) is 14.7. The van der Waals surface area contributed by atoms with Crippen molar-refractivity contribution in [1.29, 1.82) is 0 Å². The van der Waals surface area contributed by atoms with Crippen molar-refractivity contribution in [1.82, 2.24) is 5.32 Å². The predicted octanol–water partition coefficient (Wildman–Crippen LogP) is 1.54. The molecule has 1 aromatic rings. The van der Waals surface area contributed by atoms with E-state index in [2.05, 4.69) is 5.32 Å². The molecule has 0 bridgehead atoms. The molecule has 1 saturated heterocycles. The molecule has 1 aromatic carbocycles. The number of benzene rings is 1. The van der Waals surface area contributed by atoms with Gasteiger partial charge in [0.25, 0.3) is 0 Å². The van der Waals surface area contributed by atoms with Crippen LogP contribution in [0.2, 0.25) is 0 Å². The summed E-state index contributed by atoms with van der Waals surface area (Å²) in [5.41, 5.74) is 0.942. The lowest BCUT2D eigenvalue weighted by molar-refractivity contribution is 0.297. The summed E-state index contributed by atoms with van der Waals surface area (Å²) in [6.07, 6.45) is 0.859. The van der Waals surface area contributed by atoms with Crippen LogP contribution in [-0.2, 0) is 9.84 Å². The van der Waals surface area contributed by atoms with Gasteiger partial charge in [0.15, 0.2) is 21.3 Å². The quantitative estimate of drug-likeness (QED) is 0.852. The van der Waals surface area contributed by atoms with Crippen LogP contribution in [0.3, 0.4) is 0 Å². The number of fused-ring (bicyclic) bond motifs is 1. The predicted molar refractivity (Wildman–Crippen MR) is 80.6 cm³/mol. The van der Waals surface area contributed by atoms with Crippen LogP contribution in [0.15, 0.2) is 18.2 Å². The van der Waals surface area contributed by atoms with Crippen LogP contribution >= 0.6 is 0 Å². The van der Waals surface area contributed by atoms with E-state index in [1.165, 1.54) is 0 Å². The van der Waals surface area contributed by atoms with Crippen LogP contribution in [0.25, 0.3) is 0 Å². The molecule has 1 fully saturated rings. The van der Waals surface area contributed by atoms with Gasteiger partial charge in [0.2, 0.25) is 0 Å². The number of hydrogen-bond acceptors (Lipinski definition) is 5. The van der Waals surface area contributed by atoms with Gasteiger partial charge in [0.1, 0.15) is 0 Å². The van der Waals surface area contributed by atoms with Crippen LogP contribution in [0.4, 0.5) is 0 Å². The Morgan fingerprint density at radius 3 is 2.71 bits per heavy atom. The van der Waals surface area contributed by atoms with E-state index in [1.807, 2.05) is 25.1 Å². The fraction of sp³-hybridized carbons (Fsp3) is 0.600. The summed E-state index contributed by atoms with van der Waals surface area (Å²) in [6.45, 7) is 3.95. The Balaban J connectivity index is 1.87.